The van der Waals surface area contributed by atoms with Gasteiger partial charge in [0.15, 0.2) is 0 Å². The maximum atomic E-state index is 5.95. The number of anilines is 1. The molecule has 0 spiro atoms. The molecule has 0 aliphatic carbocycles. The Morgan fingerprint density at radius 2 is 1.91 bits per heavy atom. The highest BCUT2D eigenvalue weighted by molar-refractivity contribution is 7.14. The molecule has 2 aromatic heterocycles. The van der Waals surface area contributed by atoms with Crippen LogP contribution in [0.1, 0.15) is 34.2 Å². The van der Waals surface area contributed by atoms with E-state index in [4.69, 9.17) is 19.6 Å². The van der Waals surface area contributed by atoms with Gasteiger partial charge in [-0.15, -0.1) is 22.7 Å². The fourth-order valence-corrected chi connectivity index (χ4v) is 5.71. The maximum Gasteiger partial charge on any atom is 0.207 e. The fourth-order valence-electron chi connectivity index (χ4n) is 4.14. The van der Waals surface area contributed by atoms with E-state index in [2.05, 4.69) is 52.2 Å². The smallest absolute Gasteiger partial charge is 0.207 e. The molecule has 2 aromatic carbocycles. The minimum Gasteiger partial charge on any atom is -0.497 e. The highest BCUT2D eigenvalue weighted by Gasteiger charge is 2.32. The zero-order valence-electron chi connectivity index (χ0n) is 18.0. The first-order valence-corrected chi connectivity index (χ1v) is 12.5. The normalized spacial score (nSPS) is 17.2. The Morgan fingerprint density at radius 3 is 2.73 bits per heavy atom. The van der Waals surface area contributed by atoms with E-state index >= 15 is 0 Å². The molecule has 4 aromatic rings. The minimum atomic E-state index is 0.0873. The highest BCUT2D eigenvalue weighted by atomic mass is 32.1. The zero-order chi connectivity index (χ0) is 22.2. The molecule has 0 amide bonds. The van der Waals surface area contributed by atoms with Gasteiger partial charge in [-0.1, -0.05) is 36.4 Å². The highest BCUT2D eigenvalue weighted by Crippen LogP contribution is 2.40. The number of methoxy groups -OCH3 is 1. The predicted octanol–water partition coefficient (Wildman–Crippen LogP) is 6.50. The Morgan fingerprint density at radius 1 is 1.03 bits per heavy atom. The second kappa shape index (κ2) is 8.50. The molecule has 0 bridgehead atoms. The van der Waals surface area contributed by atoms with Gasteiger partial charge in [0, 0.05) is 22.9 Å². The van der Waals surface area contributed by atoms with Crippen molar-refractivity contribution in [2.45, 2.75) is 12.5 Å². The van der Waals surface area contributed by atoms with Gasteiger partial charge >= 0.3 is 0 Å². The van der Waals surface area contributed by atoms with E-state index in [0.29, 0.717) is 6.61 Å². The Bertz CT molecular complexity index is 1340. The van der Waals surface area contributed by atoms with Gasteiger partial charge in [-0.05, 0) is 41.3 Å². The molecule has 1 atom stereocenters. The van der Waals surface area contributed by atoms with E-state index in [-0.39, 0.29) is 6.04 Å². The molecule has 7 heteroatoms. The lowest BCUT2D eigenvalue weighted by atomic mass is 10.0. The van der Waals surface area contributed by atoms with Crippen LogP contribution < -0.4 is 14.5 Å². The van der Waals surface area contributed by atoms with Crippen molar-refractivity contribution in [3.8, 4) is 11.5 Å². The monoisotopic (exact) mass is 471 g/mol. The van der Waals surface area contributed by atoms with Crippen molar-refractivity contribution in [1.82, 2.24) is 4.98 Å². The Kier molecular flexibility index (Phi) is 5.20. The van der Waals surface area contributed by atoms with Crippen LogP contribution in [-0.2, 0) is 0 Å². The first kappa shape index (κ1) is 20.2. The van der Waals surface area contributed by atoms with Gasteiger partial charge in [-0.25, -0.2) is 9.99 Å². The number of para-hydroxylation sites is 1. The number of nitrogens with zero attached hydrogens (tertiary/aromatic N) is 3. The summed E-state index contributed by atoms with van der Waals surface area (Å²) in [6, 6.07) is 20.6. The average molecular weight is 472 g/mol. The lowest BCUT2D eigenvalue weighted by molar-refractivity contribution is 0.365. The number of aromatic nitrogens is 1. The number of thiophene rings is 1. The standard InChI is InChI=1S/C26H21N3O2S2/c1-30-20-10-8-17(9-11-20)23-14-21(25-7-4-12-32-25)28-29(23)26-27-22(16-33-26)19-13-18-5-2-3-6-24(18)31-15-19/h2-13,16,23H,14-15H2,1H3. The van der Waals surface area contributed by atoms with Crippen LogP contribution in [-0.4, -0.2) is 24.4 Å². The number of thiazole rings is 1. The number of hydrazone groups is 1. The van der Waals surface area contributed by atoms with Crippen molar-refractivity contribution < 1.29 is 9.47 Å². The van der Waals surface area contributed by atoms with Crippen LogP contribution in [0.3, 0.4) is 0 Å². The molecule has 1 unspecified atom stereocenters. The SMILES string of the molecule is COc1ccc(C2CC(c3cccs3)=NN2c2nc(C3=Cc4ccccc4OC3)cs2)cc1. The predicted molar refractivity (Wildman–Crippen MR) is 136 cm³/mol. The summed E-state index contributed by atoms with van der Waals surface area (Å²) in [7, 11) is 1.69. The molecule has 2 aliphatic heterocycles. The van der Waals surface area contributed by atoms with E-state index in [9.17, 15) is 0 Å². The summed E-state index contributed by atoms with van der Waals surface area (Å²) < 4.78 is 11.3. The van der Waals surface area contributed by atoms with Gasteiger partial charge in [0.25, 0.3) is 0 Å². The van der Waals surface area contributed by atoms with Crippen LogP contribution in [0.5, 0.6) is 11.5 Å². The van der Waals surface area contributed by atoms with Crippen molar-refractivity contribution in [3.05, 3.63) is 93.1 Å². The third-order valence-corrected chi connectivity index (χ3v) is 7.61. The largest absolute Gasteiger partial charge is 0.497 e. The molecule has 0 saturated carbocycles. The Balaban J connectivity index is 1.35. The van der Waals surface area contributed by atoms with Gasteiger partial charge in [0.05, 0.1) is 29.4 Å². The number of rotatable bonds is 5. The van der Waals surface area contributed by atoms with Crippen molar-refractivity contribution in [2.75, 3.05) is 18.7 Å². The van der Waals surface area contributed by atoms with E-state index in [1.807, 2.05) is 30.3 Å². The molecule has 4 heterocycles. The van der Waals surface area contributed by atoms with Crippen LogP contribution in [0.4, 0.5) is 5.13 Å². The maximum absolute atomic E-state index is 5.95. The zero-order valence-corrected chi connectivity index (χ0v) is 19.6. The third-order valence-electron chi connectivity index (χ3n) is 5.87. The number of ether oxygens (including phenoxy) is 2. The van der Waals surface area contributed by atoms with E-state index in [1.54, 1.807) is 29.8 Å². The van der Waals surface area contributed by atoms with Crippen molar-refractivity contribution in [2.24, 2.45) is 5.10 Å². The summed E-state index contributed by atoms with van der Waals surface area (Å²) in [5.74, 6) is 1.77. The van der Waals surface area contributed by atoms with E-state index in [1.165, 1.54) is 10.4 Å². The van der Waals surface area contributed by atoms with Gasteiger partial charge in [-0.3, -0.25) is 0 Å². The lowest BCUT2D eigenvalue weighted by Crippen LogP contribution is -2.18. The topological polar surface area (TPSA) is 47.0 Å². The molecule has 33 heavy (non-hydrogen) atoms. The van der Waals surface area contributed by atoms with E-state index in [0.717, 1.165) is 45.6 Å². The van der Waals surface area contributed by atoms with Crippen molar-refractivity contribution in [3.63, 3.8) is 0 Å². The second-order valence-electron chi connectivity index (χ2n) is 7.87. The Hall–Kier alpha value is -3.42. The molecule has 0 radical (unpaired) electrons. The number of hydrogen-bond acceptors (Lipinski definition) is 7. The van der Waals surface area contributed by atoms with Gasteiger partial charge in [0.1, 0.15) is 18.1 Å². The summed E-state index contributed by atoms with van der Waals surface area (Å²) in [4.78, 5) is 6.18. The summed E-state index contributed by atoms with van der Waals surface area (Å²) in [6.45, 7) is 0.520. The second-order valence-corrected chi connectivity index (χ2v) is 9.66. The molecule has 2 aliphatic rings. The Labute approximate surface area is 200 Å². The molecular formula is C26H21N3O2S2. The van der Waals surface area contributed by atoms with Crippen LogP contribution in [0.25, 0.3) is 11.6 Å². The molecule has 0 saturated heterocycles. The number of fused-ring (bicyclic) bond motifs is 1. The lowest BCUT2D eigenvalue weighted by Gasteiger charge is -2.21. The molecule has 0 fully saturated rings. The minimum absolute atomic E-state index is 0.0873. The van der Waals surface area contributed by atoms with Gasteiger partial charge in [0.2, 0.25) is 5.13 Å². The molecule has 0 N–H and O–H groups in total. The molecular weight excluding hydrogens is 450 g/mol. The van der Waals surface area contributed by atoms with Gasteiger partial charge in [-0.2, -0.15) is 5.10 Å². The third kappa shape index (κ3) is 3.83. The fraction of sp³-hybridized carbons (Fsp3) is 0.154. The first-order valence-electron chi connectivity index (χ1n) is 10.7. The molecule has 164 valence electrons. The summed E-state index contributed by atoms with van der Waals surface area (Å²) >= 11 is 3.34. The van der Waals surface area contributed by atoms with Crippen LogP contribution in [0.15, 0.2) is 76.5 Å². The first-order chi connectivity index (χ1) is 16.3. The van der Waals surface area contributed by atoms with Crippen molar-refractivity contribution in [1.29, 1.82) is 0 Å². The average Bonchev–Trinajstić information content (AvgIpc) is 3.64. The van der Waals surface area contributed by atoms with E-state index < -0.39 is 0 Å². The summed E-state index contributed by atoms with van der Waals surface area (Å²) in [6.07, 6.45) is 3.00. The number of hydrogen-bond donors (Lipinski definition) is 0. The van der Waals surface area contributed by atoms with Crippen LogP contribution >= 0.6 is 22.7 Å². The van der Waals surface area contributed by atoms with Crippen molar-refractivity contribution >= 4 is 45.2 Å². The number of benzene rings is 2. The van der Waals surface area contributed by atoms with Gasteiger partial charge < -0.3 is 9.47 Å². The van der Waals surface area contributed by atoms with Crippen LogP contribution in [0, 0.1) is 0 Å². The van der Waals surface area contributed by atoms with Crippen LogP contribution in [0.2, 0.25) is 0 Å². The molecule has 6 rings (SSSR count). The quantitative estimate of drug-likeness (QED) is 0.333. The summed E-state index contributed by atoms with van der Waals surface area (Å²) in [5.41, 5.74) is 5.40. The molecule has 5 nitrogen and oxygen atoms in total. The summed E-state index contributed by atoms with van der Waals surface area (Å²) in [5, 5.41) is 12.2.